The number of benzene rings is 1. The summed E-state index contributed by atoms with van der Waals surface area (Å²) in [7, 11) is 0. The maximum absolute atomic E-state index is 10.2. The first kappa shape index (κ1) is 11.5. The molecule has 1 N–H and O–H groups in total. The van der Waals surface area contributed by atoms with E-state index in [1.807, 2.05) is 32.9 Å². The van der Waals surface area contributed by atoms with Gasteiger partial charge in [0.15, 0.2) is 0 Å². The predicted octanol–water partition coefficient (Wildman–Crippen LogP) is 2.90. The first-order chi connectivity index (χ1) is 6.96. The van der Waals surface area contributed by atoms with E-state index in [0.717, 1.165) is 5.56 Å². The van der Waals surface area contributed by atoms with Gasteiger partial charge in [-0.05, 0) is 23.1 Å². The van der Waals surface area contributed by atoms with E-state index in [1.54, 1.807) is 12.1 Å². The van der Waals surface area contributed by atoms with E-state index in [9.17, 15) is 9.90 Å². The first-order valence-electron chi connectivity index (χ1n) is 4.91. The zero-order chi connectivity index (χ0) is 11.5. The van der Waals surface area contributed by atoms with Crippen LogP contribution >= 0.6 is 0 Å². The third kappa shape index (κ3) is 2.69. The van der Waals surface area contributed by atoms with E-state index < -0.39 is 0 Å². The van der Waals surface area contributed by atoms with Crippen LogP contribution in [0.4, 0.5) is 0 Å². The van der Waals surface area contributed by atoms with E-state index in [0.29, 0.717) is 11.8 Å². The topological polar surface area (TPSA) is 37.3 Å². The molecular formula is C13H16O2. The van der Waals surface area contributed by atoms with Gasteiger partial charge in [0.05, 0.1) is 0 Å². The molecule has 0 spiro atoms. The quantitative estimate of drug-likeness (QED) is 0.594. The minimum atomic E-state index is -0.102. The maximum Gasteiger partial charge on any atom is 0.142 e. The number of carbonyl (C=O) groups is 1. The summed E-state index contributed by atoms with van der Waals surface area (Å²) >= 11 is 0. The number of carbonyl (C=O) groups excluding carboxylic acids is 1. The van der Waals surface area contributed by atoms with Crippen molar-refractivity contribution in [3.05, 3.63) is 35.4 Å². The molecule has 0 atom stereocenters. The Balaban J connectivity index is 3.23. The average Bonchev–Trinajstić information content (AvgIpc) is 2.14. The van der Waals surface area contributed by atoms with Crippen LogP contribution in [0.5, 0.6) is 5.75 Å². The zero-order valence-corrected chi connectivity index (χ0v) is 9.32. The standard InChI is InChI=1S/C13H16O2/c1-13(2,3)11-8-4-6-10(12(11)15)7-5-9-14/h4-9,15H,1-3H3. The maximum atomic E-state index is 10.2. The second-order valence-corrected chi connectivity index (χ2v) is 4.49. The van der Waals surface area contributed by atoms with Crippen LogP contribution in [0, 0.1) is 0 Å². The van der Waals surface area contributed by atoms with Crippen molar-refractivity contribution in [3.63, 3.8) is 0 Å². The van der Waals surface area contributed by atoms with Gasteiger partial charge < -0.3 is 5.11 Å². The molecule has 1 aromatic carbocycles. The van der Waals surface area contributed by atoms with Crippen LogP contribution in [0.2, 0.25) is 0 Å². The van der Waals surface area contributed by atoms with Crippen LogP contribution < -0.4 is 0 Å². The highest BCUT2D eigenvalue weighted by molar-refractivity contribution is 5.75. The lowest BCUT2D eigenvalue weighted by Crippen LogP contribution is -2.11. The molecule has 0 unspecified atom stereocenters. The number of hydrogen-bond donors (Lipinski definition) is 1. The Morgan fingerprint density at radius 1 is 1.27 bits per heavy atom. The predicted molar refractivity (Wildman–Crippen MR) is 61.9 cm³/mol. The fraction of sp³-hybridized carbons (Fsp3) is 0.308. The van der Waals surface area contributed by atoms with E-state index in [4.69, 9.17) is 0 Å². The number of aldehydes is 1. The van der Waals surface area contributed by atoms with Gasteiger partial charge in [-0.15, -0.1) is 0 Å². The summed E-state index contributed by atoms with van der Waals surface area (Å²) in [6.45, 7) is 6.11. The smallest absolute Gasteiger partial charge is 0.142 e. The Bertz CT molecular complexity index is 384. The Kier molecular flexibility index (Phi) is 3.30. The van der Waals surface area contributed by atoms with Crippen molar-refractivity contribution < 1.29 is 9.90 Å². The number of aromatic hydroxyl groups is 1. The van der Waals surface area contributed by atoms with Gasteiger partial charge in [-0.2, -0.15) is 0 Å². The SMILES string of the molecule is CC(C)(C)c1cccc(C=CC=O)c1O. The second-order valence-electron chi connectivity index (χ2n) is 4.49. The Morgan fingerprint density at radius 3 is 2.47 bits per heavy atom. The van der Waals surface area contributed by atoms with Gasteiger partial charge in [0.1, 0.15) is 12.0 Å². The summed E-state index contributed by atoms with van der Waals surface area (Å²) in [4.78, 5) is 10.2. The number of rotatable bonds is 2. The summed E-state index contributed by atoms with van der Waals surface area (Å²) in [5, 5.41) is 9.98. The van der Waals surface area contributed by atoms with Crippen molar-refractivity contribution in [3.8, 4) is 5.75 Å². The highest BCUT2D eigenvalue weighted by Gasteiger charge is 2.18. The summed E-state index contributed by atoms with van der Waals surface area (Å²) < 4.78 is 0. The minimum absolute atomic E-state index is 0.102. The number of hydrogen-bond acceptors (Lipinski definition) is 2. The molecule has 0 aliphatic heterocycles. The Hall–Kier alpha value is -1.57. The molecular weight excluding hydrogens is 188 g/mol. The van der Waals surface area contributed by atoms with Gasteiger partial charge in [-0.25, -0.2) is 0 Å². The van der Waals surface area contributed by atoms with Crippen molar-refractivity contribution in [1.82, 2.24) is 0 Å². The van der Waals surface area contributed by atoms with Crippen molar-refractivity contribution in [2.24, 2.45) is 0 Å². The number of para-hydroxylation sites is 1. The Labute approximate surface area is 90.3 Å². The molecule has 0 amide bonds. The lowest BCUT2D eigenvalue weighted by Gasteiger charge is -2.21. The monoisotopic (exact) mass is 204 g/mol. The molecule has 1 rings (SSSR count). The lowest BCUT2D eigenvalue weighted by molar-refractivity contribution is -0.104. The molecule has 2 heteroatoms. The molecule has 0 aromatic heterocycles. The van der Waals surface area contributed by atoms with Gasteiger partial charge in [-0.3, -0.25) is 4.79 Å². The van der Waals surface area contributed by atoms with E-state index in [1.165, 1.54) is 6.08 Å². The molecule has 0 aliphatic rings. The summed E-state index contributed by atoms with van der Waals surface area (Å²) in [5.41, 5.74) is 1.46. The van der Waals surface area contributed by atoms with E-state index in [-0.39, 0.29) is 11.2 Å². The third-order valence-corrected chi connectivity index (χ3v) is 2.23. The van der Waals surface area contributed by atoms with Crippen LogP contribution in [0.1, 0.15) is 31.9 Å². The first-order valence-corrected chi connectivity index (χ1v) is 4.91. The third-order valence-electron chi connectivity index (χ3n) is 2.23. The number of allylic oxidation sites excluding steroid dienone is 1. The van der Waals surface area contributed by atoms with E-state index in [2.05, 4.69) is 0 Å². The number of phenolic OH excluding ortho intramolecular Hbond substituents is 1. The van der Waals surface area contributed by atoms with Crippen molar-refractivity contribution >= 4 is 12.4 Å². The summed E-state index contributed by atoms with van der Waals surface area (Å²) in [5.74, 6) is 0.253. The van der Waals surface area contributed by atoms with Crippen molar-refractivity contribution in [2.75, 3.05) is 0 Å². The molecule has 0 heterocycles. The van der Waals surface area contributed by atoms with Crippen LogP contribution in [0.3, 0.4) is 0 Å². The molecule has 1 aromatic rings. The molecule has 0 saturated heterocycles. The highest BCUT2D eigenvalue weighted by atomic mass is 16.3. The fourth-order valence-corrected chi connectivity index (χ4v) is 1.44. The normalized spacial score (nSPS) is 11.9. The van der Waals surface area contributed by atoms with Crippen LogP contribution in [0.15, 0.2) is 24.3 Å². The second kappa shape index (κ2) is 4.30. The molecule has 0 bridgehead atoms. The van der Waals surface area contributed by atoms with Gasteiger partial charge in [-0.1, -0.05) is 39.0 Å². The van der Waals surface area contributed by atoms with Crippen molar-refractivity contribution in [1.29, 1.82) is 0 Å². The molecule has 0 aliphatic carbocycles. The zero-order valence-electron chi connectivity index (χ0n) is 9.32. The van der Waals surface area contributed by atoms with Crippen LogP contribution in [-0.2, 0) is 10.2 Å². The van der Waals surface area contributed by atoms with Gasteiger partial charge in [0.25, 0.3) is 0 Å². The molecule has 0 radical (unpaired) electrons. The van der Waals surface area contributed by atoms with Gasteiger partial charge >= 0.3 is 0 Å². The van der Waals surface area contributed by atoms with Crippen LogP contribution in [-0.4, -0.2) is 11.4 Å². The lowest BCUT2D eigenvalue weighted by atomic mass is 9.85. The summed E-state index contributed by atoms with van der Waals surface area (Å²) in [6.07, 6.45) is 3.68. The van der Waals surface area contributed by atoms with Gasteiger partial charge in [0, 0.05) is 5.56 Å². The average molecular weight is 204 g/mol. The number of phenols is 1. The van der Waals surface area contributed by atoms with Crippen molar-refractivity contribution in [2.45, 2.75) is 26.2 Å². The minimum Gasteiger partial charge on any atom is -0.507 e. The molecule has 2 nitrogen and oxygen atoms in total. The Morgan fingerprint density at radius 2 is 1.93 bits per heavy atom. The van der Waals surface area contributed by atoms with Crippen LogP contribution in [0.25, 0.3) is 6.08 Å². The van der Waals surface area contributed by atoms with E-state index >= 15 is 0 Å². The molecule has 15 heavy (non-hydrogen) atoms. The molecule has 0 fully saturated rings. The molecule has 0 saturated carbocycles. The highest BCUT2D eigenvalue weighted by Crippen LogP contribution is 2.33. The summed E-state index contributed by atoms with van der Waals surface area (Å²) in [6, 6.07) is 5.56. The largest absolute Gasteiger partial charge is 0.507 e. The fourth-order valence-electron chi connectivity index (χ4n) is 1.44. The van der Waals surface area contributed by atoms with Gasteiger partial charge in [0.2, 0.25) is 0 Å². The molecule has 80 valence electrons.